The van der Waals surface area contributed by atoms with Crippen LogP contribution in [0.4, 0.5) is 0 Å². The monoisotopic (exact) mass is 282 g/mol. The number of fused-ring (bicyclic) bond motifs is 1. The molecule has 0 bridgehead atoms. The van der Waals surface area contributed by atoms with Crippen molar-refractivity contribution in [2.45, 2.75) is 25.9 Å². The smallest absolute Gasteiger partial charge is 0.237 e. The third-order valence-electron chi connectivity index (χ3n) is 3.14. The first-order chi connectivity index (χ1) is 9.11. The summed E-state index contributed by atoms with van der Waals surface area (Å²) >= 11 is 1.62. The van der Waals surface area contributed by atoms with Crippen molar-refractivity contribution >= 4 is 16.3 Å². The van der Waals surface area contributed by atoms with Crippen LogP contribution in [0, 0.1) is 0 Å². The molecule has 1 N–H and O–H groups in total. The molecule has 0 spiro atoms. The maximum Gasteiger partial charge on any atom is 0.237 e. The van der Waals surface area contributed by atoms with Crippen LogP contribution >= 0.6 is 11.3 Å². The Balaban J connectivity index is 1.98. The number of thiazole rings is 1. The number of ether oxygens (including phenoxy) is 1. The molecule has 0 saturated carbocycles. The first-order valence-electron chi connectivity index (χ1n) is 6.48. The quantitative estimate of drug-likeness (QED) is 0.841. The van der Waals surface area contributed by atoms with Gasteiger partial charge in [-0.1, -0.05) is 0 Å². The first kappa shape index (κ1) is 14.3. The zero-order valence-electron chi connectivity index (χ0n) is 12.0. The van der Waals surface area contributed by atoms with Gasteiger partial charge in [-0.15, -0.1) is 11.3 Å². The molecule has 2 aromatic heterocycles. The molecule has 0 aliphatic rings. The van der Waals surface area contributed by atoms with Crippen LogP contribution in [0.15, 0.2) is 11.6 Å². The summed E-state index contributed by atoms with van der Waals surface area (Å²) in [6.07, 6.45) is 3.16. The van der Waals surface area contributed by atoms with E-state index in [1.807, 2.05) is 11.6 Å². The Morgan fingerprint density at radius 2 is 2.32 bits per heavy atom. The van der Waals surface area contributed by atoms with Gasteiger partial charge in [0.05, 0.1) is 7.11 Å². The molecule has 2 rings (SSSR count). The SMILES string of the molecule is COc1nc2sccn2c1CNC(C)CCN(C)C. The lowest BCUT2D eigenvalue weighted by Crippen LogP contribution is -2.29. The van der Waals surface area contributed by atoms with Gasteiger partial charge in [-0.2, -0.15) is 4.98 Å². The second-order valence-electron chi connectivity index (χ2n) is 5.00. The molecule has 19 heavy (non-hydrogen) atoms. The molecule has 0 fully saturated rings. The van der Waals surface area contributed by atoms with Crippen LogP contribution in [0.1, 0.15) is 19.0 Å². The molecule has 1 atom stereocenters. The lowest BCUT2D eigenvalue weighted by Gasteiger charge is -2.16. The fourth-order valence-electron chi connectivity index (χ4n) is 1.96. The summed E-state index contributed by atoms with van der Waals surface area (Å²) in [5.41, 5.74) is 1.09. The minimum Gasteiger partial charge on any atom is -0.480 e. The van der Waals surface area contributed by atoms with Crippen molar-refractivity contribution in [1.29, 1.82) is 0 Å². The number of aromatic nitrogens is 2. The van der Waals surface area contributed by atoms with Crippen LogP contribution in [-0.2, 0) is 6.54 Å². The number of nitrogens with zero attached hydrogens (tertiary/aromatic N) is 3. The lowest BCUT2D eigenvalue weighted by molar-refractivity contribution is 0.360. The summed E-state index contributed by atoms with van der Waals surface area (Å²) in [6, 6.07) is 0.469. The Kier molecular flexibility index (Phi) is 4.79. The van der Waals surface area contributed by atoms with Gasteiger partial charge in [-0.05, 0) is 34.0 Å². The predicted octanol–water partition coefficient (Wildman–Crippen LogP) is 1.83. The van der Waals surface area contributed by atoms with Crippen molar-refractivity contribution in [3.63, 3.8) is 0 Å². The summed E-state index contributed by atoms with van der Waals surface area (Å²) in [6.45, 7) is 4.07. The molecule has 2 aromatic rings. The standard InChI is InChI=1S/C13H22N4OS/c1-10(5-6-16(2)3)14-9-11-12(18-4)15-13-17(11)7-8-19-13/h7-8,10,14H,5-6,9H2,1-4H3. The maximum atomic E-state index is 5.35. The molecule has 0 aromatic carbocycles. The molecule has 0 aliphatic heterocycles. The fraction of sp³-hybridized carbons (Fsp3) is 0.615. The van der Waals surface area contributed by atoms with Gasteiger partial charge in [0.2, 0.25) is 5.88 Å². The highest BCUT2D eigenvalue weighted by Gasteiger charge is 2.14. The summed E-state index contributed by atoms with van der Waals surface area (Å²) in [4.78, 5) is 7.64. The Labute approximate surface area is 118 Å². The van der Waals surface area contributed by atoms with E-state index in [4.69, 9.17) is 4.74 Å². The van der Waals surface area contributed by atoms with Crippen LogP contribution in [0.25, 0.3) is 4.96 Å². The van der Waals surface area contributed by atoms with E-state index in [1.165, 1.54) is 0 Å². The highest BCUT2D eigenvalue weighted by molar-refractivity contribution is 7.15. The van der Waals surface area contributed by atoms with Crippen LogP contribution in [-0.4, -0.2) is 48.1 Å². The van der Waals surface area contributed by atoms with Crippen LogP contribution in [0.5, 0.6) is 5.88 Å². The van der Waals surface area contributed by atoms with Gasteiger partial charge in [0, 0.05) is 24.2 Å². The normalized spacial score (nSPS) is 13.3. The van der Waals surface area contributed by atoms with E-state index in [0.29, 0.717) is 6.04 Å². The number of hydrogen-bond acceptors (Lipinski definition) is 5. The molecule has 0 amide bonds. The Morgan fingerprint density at radius 1 is 1.53 bits per heavy atom. The summed E-state index contributed by atoms with van der Waals surface area (Å²) in [7, 11) is 5.87. The van der Waals surface area contributed by atoms with Crippen LogP contribution in [0.3, 0.4) is 0 Å². The van der Waals surface area contributed by atoms with E-state index >= 15 is 0 Å². The average Bonchev–Trinajstić information content (AvgIpc) is 2.94. The van der Waals surface area contributed by atoms with Gasteiger partial charge < -0.3 is 15.0 Å². The molecule has 0 saturated heterocycles. The molecule has 106 valence electrons. The topological polar surface area (TPSA) is 41.8 Å². The molecule has 2 heterocycles. The van der Waals surface area contributed by atoms with Gasteiger partial charge in [0.25, 0.3) is 0 Å². The zero-order chi connectivity index (χ0) is 13.8. The number of rotatable bonds is 7. The van der Waals surface area contributed by atoms with Crippen molar-refractivity contribution in [1.82, 2.24) is 19.6 Å². The molecule has 5 nitrogen and oxygen atoms in total. The Morgan fingerprint density at radius 3 is 3.00 bits per heavy atom. The molecule has 0 radical (unpaired) electrons. The van der Waals surface area contributed by atoms with Crippen molar-refractivity contribution in [3.8, 4) is 5.88 Å². The molecule has 0 aliphatic carbocycles. The summed E-state index contributed by atoms with van der Waals surface area (Å²) < 4.78 is 7.44. The highest BCUT2D eigenvalue weighted by atomic mass is 32.1. The predicted molar refractivity (Wildman–Crippen MR) is 79.1 cm³/mol. The van der Waals surface area contributed by atoms with Crippen molar-refractivity contribution in [2.24, 2.45) is 0 Å². The molecule has 6 heteroatoms. The number of methoxy groups -OCH3 is 1. The van der Waals surface area contributed by atoms with Crippen molar-refractivity contribution < 1.29 is 4.74 Å². The Hall–Kier alpha value is -1.11. The summed E-state index contributed by atoms with van der Waals surface area (Å²) in [5, 5.41) is 5.58. The van der Waals surface area contributed by atoms with E-state index in [0.717, 1.165) is 36.0 Å². The number of hydrogen-bond donors (Lipinski definition) is 1. The van der Waals surface area contributed by atoms with E-state index in [9.17, 15) is 0 Å². The largest absolute Gasteiger partial charge is 0.480 e. The minimum absolute atomic E-state index is 0.469. The van der Waals surface area contributed by atoms with Crippen LogP contribution < -0.4 is 10.1 Å². The third kappa shape index (κ3) is 3.46. The van der Waals surface area contributed by atoms with Gasteiger partial charge in [0.15, 0.2) is 4.96 Å². The molecular weight excluding hydrogens is 260 g/mol. The second-order valence-corrected chi connectivity index (χ2v) is 5.87. The van der Waals surface area contributed by atoms with Gasteiger partial charge >= 0.3 is 0 Å². The summed E-state index contributed by atoms with van der Waals surface area (Å²) in [5.74, 6) is 0.721. The van der Waals surface area contributed by atoms with Crippen LogP contribution in [0.2, 0.25) is 0 Å². The third-order valence-corrected chi connectivity index (χ3v) is 3.90. The molecular formula is C13H22N4OS. The van der Waals surface area contributed by atoms with Crippen molar-refractivity contribution in [2.75, 3.05) is 27.7 Å². The lowest BCUT2D eigenvalue weighted by atomic mass is 10.2. The van der Waals surface area contributed by atoms with Gasteiger partial charge in [-0.3, -0.25) is 4.40 Å². The van der Waals surface area contributed by atoms with Gasteiger partial charge in [-0.25, -0.2) is 0 Å². The fourth-order valence-corrected chi connectivity index (χ4v) is 2.69. The molecule has 1 unspecified atom stereocenters. The average molecular weight is 282 g/mol. The first-order valence-corrected chi connectivity index (χ1v) is 7.36. The van der Waals surface area contributed by atoms with E-state index in [-0.39, 0.29) is 0 Å². The zero-order valence-corrected chi connectivity index (χ0v) is 12.8. The highest BCUT2D eigenvalue weighted by Crippen LogP contribution is 2.22. The van der Waals surface area contributed by atoms with E-state index < -0.39 is 0 Å². The number of nitrogens with one attached hydrogen (secondary N) is 1. The second kappa shape index (κ2) is 6.36. The Bertz CT molecular complexity index is 520. The van der Waals surface area contributed by atoms with E-state index in [2.05, 4.69) is 40.6 Å². The number of imidazole rings is 1. The van der Waals surface area contributed by atoms with E-state index in [1.54, 1.807) is 18.4 Å². The van der Waals surface area contributed by atoms with Gasteiger partial charge in [0.1, 0.15) is 5.69 Å². The minimum atomic E-state index is 0.469. The van der Waals surface area contributed by atoms with Crippen molar-refractivity contribution in [3.05, 3.63) is 17.3 Å². The maximum absolute atomic E-state index is 5.35.